The van der Waals surface area contributed by atoms with Gasteiger partial charge in [0.2, 0.25) is 0 Å². The first-order valence-electron chi connectivity index (χ1n) is 5.73. The molecule has 0 aliphatic carbocycles. The minimum absolute atomic E-state index is 0.502. The van der Waals surface area contributed by atoms with E-state index in [1.54, 1.807) is 0 Å². The highest BCUT2D eigenvalue weighted by atomic mass is 35.5. The Hall–Kier alpha value is -1.93. The van der Waals surface area contributed by atoms with Gasteiger partial charge in [-0.15, -0.1) is 0 Å². The molecular weight excluding hydrogens is 244 g/mol. The van der Waals surface area contributed by atoms with Gasteiger partial charge in [0.15, 0.2) is 5.82 Å². The Labute approximate surface area is 110 Å². The molecule has 0 saturated heterocycles. The standard InChI is InChI=1S/C15H11ClN2/c1-10-7-8-13-12(9-10)14(16)18-15(17-13)11-5-3-2-4-6-11/h2-9H,1H3. The van der Waals surface area contributed by atoms with E-state index in [4.69, 9.17) is 11.6 Å². The molecule has 1 heterocycles. The zero-order valence-electron chi connectivity index (χ0n) is 9.89. The Balaban J connectivity index is 2.25. The quantitative estimate of drug-likeness (QED) is 0.607. The summed E-state index contributed by atoms with van der Waals surface area (Å²) in [7, 11) is 0. The van der Waals surface area contributed by atoms with E-state index < -0.39 is 0 Å². The fraction of sp³-hybridized carbons (Fsp3) is 0.0667. The van der Waals surface area contributed by atoms with E-state index in [2.05, 4.69) is 9.97 Å². The number of nitrogens with zero attached hydrogens (tertiary/aromatic N) is 2. The van der Waals surface area contributed by atoms with Crippen LogP contribution in [0.15, 0.2) is 48.5 Å². The second-order valence-corrected chi connectivity index (χ2v) is 4.58. The minimum atomic E-state index is 0.502. The van der Waals surface area contributed by atoms with Crippen molar-refractivity contribution >= 4 is 22.5 Å². The lowest BCUT2D eigenvalue weighted by molar-refractivity contribution is 1.22. The molecule has 0 atom stereocenters. The number of benzene rings is 2. The smallest absolute Gasteiger partial charge is 0.161 e. The molecule has 3 heteroatoms. The third-order valence-electron chi connectivity index (χ3n) is 2.84. The van der Waals surface area contributed by atoms with E-state index in [-0.39, 0.29) is 0 Å². The summed E-state index contributed by atoms with van der Waals surface area (Å²) >= 11 is 6.23. The maximum atomic E-state index is 6.23. The summed E-state index contributed by atoms with van der Waals surface area (Å²) in [6.07, 6.45) is 0. The lowest BCUT2D eigenvalue weighted by Gasteiger charge is -2.05. The first-order chi connectivity index (χ1) is 8.74. The van der Waals surface area contributed by atoms with Gasteiger partial charge in [-0.05, 0) is 19.1 Å². The normalized spacial score (nSPS) is 10.8. The van der Waals surface area contributed by atoms with Crippen molar-refractivity contribution in [3.05, 3.63) is 59.2 Å². The van der Waals surface area contributed by atoms with Crippen LogP contribution in [0.1, 0.15) is 5.56 Å². The summed E-state index contributed by atoms with van der Waals surface area (Å²) in [5.74, 6) is 0.664. The molecule has 18 heavy (non-hydrogen) atoms. The predicted molar refractivity (Wildman–Crippen MR) is 74.7 cm³/mol. The van der Waals surface area contributed by atoms with E-state index in [1.165, 1.54) is 0 Å². The minimum Gasteiger partial charge on any atom is -0.228 e. The van der Waals surface area contributed by atoms with Crippen molar-refractivity contribution in [2.75, 3.05) is 0 Å². The molecule has 0 unspecified atom stereocenters. The molecule has 0 aliphatic heterocycles. The third kappa shape index (κ3) is 1.95. The fourth-order valence-electron chi connectivity index (χ4n) is 1.92. The Kier molecular flexibility index (Phi) is 2.73. The van der Waals surface area contributed by atoms with Gasteiger partial charge in [-0.25, -0.2) is 9.97 Å². The molecule has 3 aromatic rings. The van der Waals surface area contributed by atoms with Crippen LogP contribution in [0.25, 0.3) is 22.3 Å². The number of aromatic nitrogens is 2. The van der Waals surface area contributed by atoms with Gasteiger partial charge in [-0.3, -0.25) is 0 Å². The fourth-order valence-corrected chi connectivity index (χ4v) is 2.15. The molecule has 0 spiro atoms. The van der Waals surface area contributed by atoms with Gasteiger partial charge in [-0.2, -0.15) is 0 Å². The van der Waals surface area contributed by atoms with Gasteiger partial charge in [0, 0.05) is 10.9 Å². The van der Waals surface area contributed by atoms with Crippen LogP contribution in [0.4, 0.5) is 0 Å². The zero-order chi connectivity index (χ0) is 12.5. The predicted octanol–water partition coefficient (Wildman–Crippen LogP) is 4.26. The van der Waals surface area contributed by atoms with Crippen LogP contribution in [-0.4, -0.2) is 9.97 Å². The molecule has 2 aromatic carbocycles. The number of hydrogen-bond acceptors (Lipinski definition) is 2. The number of halogens is 1. The second-order valence-electron chi connectivity index (χ2n) is 4.22. The average Bonchev–Trinajstić information content (AvgIpc) is 2.40. The summed E-state index contributed by atoms with van der Waals surface area (Å²) in [5, 5.41) is 1.40. The van der Waals surface area contributed by atoms with Crippen molar-refractivity contribution in [1.82, 2.24) is 9.97 Å². The molecule has 88 valence electrons. The van der Waals surface area contributed by atoms with Gasteiger partial charge in [0.1, 0.15) is 5.15 Å². The molecule has 0 bridgehead atoms. The summed E-state index contributed by atoms with van der Waals surface area (Å²) < 4.78 is 0. The van der Waals surface area contributed by atoms with Crippen LogP contribution in [0.5, 0.6) is 0 Å². The molecule has 2 nitrogen and oxygen atoms in total. The maximum absolute atomic E-state index is 6.23. The lowest BCUT2D eigenvalue weighted by Crippen LogP contribution is -1.92. The van der Waals surface area contributed by atoms with E-state index in [0.29, 0.717) is 11.0 Å². The Bertz CT molecular complexity index is 708. The Morgan fingerprint density at radius 2 is 1.72 bits per heavy atom. The van der Waals surface area contributed by atoms with Crippen LogP contribution in [-0.2, 0) is 0 Å². The summed E-state index contributed by atoms with van der Waals surface area (Å²) in [4.78, 5) is 8.92. The number of rotatable bonds is 1. The van der Waals surface area contributed by atoms with Crippen LogP contribution in [0.2, 0.25) is 5.15 Å². The van der Waals surface area contributed by atoms with Crippen LogP contribution >= 0.6 is 11.6 Å². The van der Waals surface area contributed by atoms with Crippen molar-refractivity contribution in [3.63, 3.8) is 0 Å². The van der Waals surface area contributed by atoms with Gasteiger partial charge >= 0.3 is 0 Å². The van der Waals surface area contributed by atoms with Crippen LogP contribution < -0.4 is 0 Å². The van der Waals surface area contributed by atoms with E-state index >= 15 is 0 Å². The SMILES string of the molecule is Cc1ccc2nc(-c3ccccc3)nc(Cl)c2c1. The van der Waals surface area contributed by atoms with Crippen molar-refractivity contribution in [3.8, 4) is 11.4 Å². The molecule has 3 rings (SSSR count). The number of hydrogen-bond donors (Lipinski definition) is 0. The second kappa shape index (κ2) is 4.39. The highest BCUT2D eigenvalue weighted by molar-refractivity contribution is 6.34. The number of fused-ring (bicyclic) bond motifs is 1. The number of aryl methyl sites for hydroxylation is 1. The van der Waals surface area contributed by atoms with Crippen molar-refractivity contribution in [2.45, 2.75) is 6.92 Å². The Morgan fingerprint density at radius 3 is 2.50 bits per heavy atom. The first-order valence-corrected chi connectivity index (χ1v) is 6.11. The first kappa shape index (κ1) is 11.2. The average molecular weight is 255 g/mol. The zero-order valence-corrected chi connectivity index (χ0v) is 10.6. The monoisotopic (exact) mass is 254 g/mol. The molecule has 0 radical (unpaired) electrons. The largest absolute Gasteiger partial charge is 0.228 e. The Morgan fingerprint density at radius 1 is 0.944 bits per heavy atom. The highest BCUT2D eigenvalue weighted by Crippen LogP contribution is 2.25. The molecule has 0 N–H and O–H groups in total. The lowest BCUT2D eigenvalue weighted by atomic mass is 10.1. The van der Waals surface area contributed by atoms with Gasteiger partial charge in [0.05, 0.1) is 5.52 Å². The summed E-state index contributed by atoms with van der Waals surface area (Å²) in [6.45, 7) is 2.03. The van der Waals surface area contributed by atoms with Crippen LogP contribution in [0.3, 0.4) is 0 Å². The molecule has 1 aromatic heterocycles. The molecule has 0 saturated carbocycles. The molecular formula is C15H11ClN2. The van der Waals surface area contributed by atoms with Crippen molar-refractivity contribution in [2.24, 2.45) is 0 Å². The van der Waals surface area contributed by atoms with E-state index in [9.17, 15) is 0 Å². The van der Waals surface area contributed by atoms with Gasteiger partial charge in [-0.1, -0.05) is 53.6 Å². The maximum Gasteiger partial charge on any atom is 0.161 e. The van der Waals surface area contributed by atoms with E-state index in [1.807, 2.05) is 55.5 Å². The topological polar surface area (TPSA) is 25.8 Å². The summed E-state index contributed by atoms with van der Waals surface area (Å²) in [5.41, 5.74) is 3.00. The third-order valence-corrected chi connectivity index (χ3v) is 3.12. The van der Waals surface area contributed by atoms with Gasteiger partial charge < -0.3 is 0 Å². The van der Waals surface area contributed by atoms with E-state index in [0.717, 1.165) is 22.0 Å². The molecule has 0 amide bonds. The molecule has 0 aliphatic rings. The highest BCUT2D eigenvalue weighted by Gasteiger charge is 2.07. The van der Waals surface area contributed by atoms with Crippen molar-refractivity contribution < 1.29 is 0 Å². The molecule has 0 fully saturated rings. The van der Waals surface area contributed by atoms with Crippen LogP contribution in [0, 0.1) is 6.92 Å². The van der Waals surface area contributed by atoms with Gasteiger partial charge in [0.25, 0.3) is 0 Å². The van der Waals surface area contributed by atoms with Crippen molar-refractivity contribution in [1.29, 1.82) is 0 Å². The summed E-state index contributed by atoms with van der Waals surface area (Å²) in [6, 6.07) is 15.9.